The summed E-state index contributed by atoms with van der Waals surface area (Å²) in [6, 6.07) is 8.52. The molecule has 0 aromatic heterocycles. The first kappa shape index (κ1) is 26.5. The van der Waals surface area contributed by atoms with Gasteiger partial charge in [-0.2, -0.15) is 0 Å². The van der Waals surface area contributed by atoms with Crippen LogP contribution in [0.1, 0.15) is 51.0 Å². The Morgan fingerprint density at radius 2 is 1.80 bits per heavy atom. The maximum absolute atomic E-state index is 13.3. The quantitative estimate of drug-likeness (QED) is 0.386. The molecule has 0 spiro atoms. The van der Waals surface area contributed by atoms with E-state index in [2.05, 4.69) is 10.6 Å². The highest BCUT2D eigenvalue weighted by Gasteiger charge is 2.28. The van der Waals surface area contributed by atoms with E-state index in [-0.39, 0.29) is 18.9 Å². The van der Waals surface area contributed by atoms with Crippen molar-refractivity contribution >= 4 is 18.0 Å². The van der Waals surface area contributed by atoms with E-state index in [1.54, 1.807) is 13.1 Å². The van der Waals surface area contributed by atoms with Crippen LogP contribution < -0.4 is 10.6 Å². The van der Waals surface area contributed by atoms with Crippen LogP contribution in [0.4, 0.5) is 4.79 Å². The van der Waals surface area contributed by atoms with E-state index < -0.39 is 24.0 Å². The van der Waals surface area contributed by atoms with Gasteiger partial charge >= 0.3 is 12.1 Å². The molecule has 0 bridgehead atoms. The zero-order chi connectivity index (χ0) is 24.9. The van der Waals surface area contributed by atoms with Crippen molar-refractivity contribution in [2.45, 2.75) is 58.1 Å². The number of rotatable bonds is 10. The Labute approximate surface area is 207 Å². The molecule has 3 rings (SSSR count). The first-order valence-corrected chi connectivity index (χ1v) is 12.5. The fourth-order valence-electron chi connectivity index (χ4n) is 4.35. The minimum Gasteiger partial charge on any atom is -0.461 e. The van der Waals surface area contributed by atoms with Crippen LogP contribution in [0.3, 0.4) is 0 Å². The lowest BCUT2D eigenvalue weighted by molar-refractivity contribution is -0.140. The molecule has 1 aliphatic heterocycles. The highest BCUT2D eigenvalue weighted by molar-refractivity contribution is 5.96. The van der Waals surface area contributed by atoms with Gasteiger partial charge in [-0.15, -0.1) is 0 Å². The average Bonchev–Trinajstić information content (AvgIpc) is 2.88. The van der Waals surface area contributed by atoms with Crippen LogP contribution >= 0.6 is 0 Å². The second-order valence-electron chi connectivity index (χ2n) is 8.90. The molecule has 1 aromatic rings. The number of hydrogen-bond acceptors (Lipinski definition) is 7. The number of carbonyl (C=O) groups excluding carboxylic acids is 3. The van der Waals surface area contributed by atoms with Gasteiger partial charge in [-0.25, -0.2) is 9.59 Å². The predicted molar refractivity (Wildman–Crippen MR) is 130 cm³/mol. The van der Waals surface area contributed by atoms with Crippen LogP contribution in [-0.4, -0.2) is 61.8 Å². The van der Waals surface area contributed by atoms with E-state index in [0.29, 0.717) is 38.6 Å². The van der Waals surface area contributed by atoms with Crippen molar-refractivity contribution in [2.24, 2.45) is 5.92 Å². The van der Waals surface area contributed by atoms with Crippen LogP contribution in [0, 0.1) is 5.92 Å². The highest BCUT2D eigenvalue weighted by atomic mass is 16.5. The van der Waals surface area contributed by atoms with E-state index in [0.717, 1.165) is 31.2 Å². The van der Waals surface area contributed by atoms with E-state index in [1.165, 1.54) is 6.42 Å². The van der Waals surface area contributed by atoms with Gasteiger partial charge in [0, 0.05) is 19.3 Å². The minimum atomic E-state index is -0.830. The van der Waals surface area contributed by atoms with Crippen molar-refractivity contribution in [3.05, 3.63) is 47.8 Å². The number of amides is 2. The van der Waals surface area contributed by atoms with E-state index in [1.807, 2.05) is 35.2 Å². The summed E-state index contributed by atoms with van der Waals surface area (Å²) in [7, 11) is 0. The smallest absolute Gasteiger partial charge is 0.408 e. The average molecular weight is 488 g/mol. The van der Waals surface area contributed by atoms with Crippen LogP contribution in [0.15, 0.2) is 42.2 Å². The maximum Gasteiger partial charge on any atom is 0.408 e. The Bertz CT molecular complexity index is 848. The maximum atomic E-state index is 13.3. The fourth-order valence-corrected chi connectivity index (χ4v) is 4.35. The third-order valence-corrected chi connectivity index (χ3v) is 6.23. The van der Waals surface area contributed by atoms with Crippen molar-refractivity contribution in [1.82, 2.24) is 15.5 Å². The minimum absolute atomic E-state index is 0.0480. The molecule has 9 nitrogen and oxygen atoms in total. The predicted octanol–water partition coefficient (Wildman–Crippen LogP) is 3.10. The molecule has 2 N–H and O–H groups in total. The number of nitrogens with zero attached hydrogens (tertiary/aromatic N) is 1. The summed E-state index contributed by atoms with van der Waals surface area (Å²) in [5.74, 6) is -0.751. The molecule has 192 valence electrons. The molecule has 1 aliphatic carbocycles. The molecule has 1 heterocycles. The zero-order valence-electron chi connectivity index (χ0n) is 20.5. The van der Waals surface area contributed by atoms with Crippen LogP contribution in [0.25, 0.3) is 0 Å². The van der Waals surface area contributed by atoms with Crippen molar-refractivity contribution < 1.29 is 28.6 Å². The number of ether oxygens (including phenoxy) is 3. The number of nitrogens with one attached hydrogen (secondary N) is 2. The Balaban J connectivity index is 1.68. The van der Waals surface area contributed by atoms with E-state index in [9.17, 15) is 14.4 Å². The van der Waals surface area contributed by atoms with Gasteiger partial charge < -0.3 is 29.7 Å². The largest absolute Gasteiger partial charge is 0.461 e. The Kier molecular flexibility index (Phi) is 10.9. The topological polar surface area (TPSA) is 106 Å². The number of carbonyl (C=O) groups is 3. The molecule has 1 saturated heterocycles. The molecule has 0 unspecified atom stereocenters. The number of hydrogen-bond donors (Lipinski definition) is 2. The molecule has 2 aliphatic rings. The van der Waals surface area contributed by atoms with Gasteiger partial charge in [-0.05, 0) is 24.8 Å². The molecule has 2 amide bonds. The molecular weight excluding hydrogens is 450 g/mol. The SMILES string of the molecule is CCOC(=O)/C(=C\N1CCOCC1)NC(=O)[C@H](CC1CCCCC1)NC(=O)OCc1ccccc1. The Morgan fingerprint density at radius 1 is 1.09 bits per heavy atom. The Hall–Kier alpha value is -3.07. The second kappa shape index (κ2) is 14.4. The summed E-state index contributed by atoms with van der Waals surface area (Å²) in [6.45, 7) is 4.30. The van der Waals surface area contributed by atoms with Gasteiger partial charge in [0.25, 0.3) is 0 Å². The normalized spacial score (nSPS) is 17.9. The van der Waals surface area contributed by atoms with Crippen molar-refractivity contribution in [3.63, 3.8) is 0 Å². The van der Waals surface area contributed by atoms with E-state index in [4.69, 9.17) is 14.2 Å². The van der Waals surface area contributed by atoms with E-state index >= 15 is 0 Å². The molecule has 1 saturated carbocycles. The third-order valence-electron chi connectivity index (χ3n) is 6.23. The summed E-state index contributed by atoms with van der Waals surface area (Å²) in [4.78, 5) is 40.4. The van der Waals surface area contributed by atoms with Gasteiger partial charge in [0.15, 0.2) is 0 Å². The number of morpholine rings is 1. The molecular formula is C26H37N3O6. The lowest BCUT2D eigenvalue weighted by Gasteiger charge is -2.28. The van der Waals surface area contributed by atoms with Gasteiger partial charge in [-0.3, -0.25) is 4.79 Å². The monoisotopic (exact) mass is 487 g/mol. The number of alkyl carbamates (subject to hydrolysis) is 1. The summed E-state index contributed by atoms with van der Waals surface area (Å²) in [5.41, 5.74) is 0.904. The first-order valence-electron chi connectivity index (χ1n) is 12.5. The fraction of sp³-hybridized carbons (Fsp3) is 0.577. The number of esters is 1. The molecule has 2 fully saturated rings. The second-order valence-corrected chi connectivity index (χ2v) is 8.90. The van der Waals surface area contributed by atoms with Crippen molar-refractivity contribution in [2.75, 3.05) is 32.9 Å². The molecule has 0 radical (unpaired) electrons. The van der Waals surface area contributed by atoms with Gasteiger partial charge in [0.05, 0.1) is 19.8 Å². The summed E-state index contributed by atoms with van der Waals surface area (Å²) >= 11 is 0. The van der Waals surface area contributed by atoms with Gasteiger partial charge in [0.1, 0.15) is 18.3 Å². The third kappa shape index (κ3) is 9.24. The van der Waals surface area contributed by atoms with Gasteiger partial charge in [-0.1, -0.05) is 62.4 Å². The summed E-state index contributed by atoms with van der Waals surface area (Å²) in [5, 5.41) is 5.44. The summed E-state index contributed by atoms with van der Waals surface area (Å²) < 4.78 is 15.9. The zero-order valence-corrected chi connectivity index (χ0v) is 20.5. The standard InChI is InChI=1S/C26H37N3O6/c1-2-34-25(31)23(18-29-13-15-33-16-14-29)27-24(30)22(17-20-9-5-3-6-10-20)28-26(32)35-19-21-11-7-4-8-12-21/h4,7-8,11-12,18,20,22H,2-3,5-6,9-10,13-17,19H2,1H3,(H,27,30)(H,28,32)/b23-18+/t22-/m0/s1. The molecule has 35 heavy (non-hydrogen) atoms. The van der Waals surface area contributed by atoms with Crippen LogP contribution in [-0.2, 0) is 30.4 Å². The molecule has 1 atom stereocenters. The van der Waals surface area contributed by atoms with Crippen LogP contribution in [0.5, 0.6) is 0 Å². The first-order chi connectivity index (χ1) is 17.0. The van der Waals surface area contributed by atoms with Crippen LogP contribution in [0.2, 0.25) is 0 Å². The summed E-state index contributed by atoms with van der Waals surface area (Å²) in [6.07, 6.45) is 6.86. The molecule has 1 aromatic carbocycles. The number of benzene rings is 1. The highest BCUT2D eigenvalue weighted by Crippen LogP contribution is 2.27. The molecule has 9 heteroatoms. The lowest BCUT2D eigenvalue weighted by atomic mass is 9.84. The lowest BCUT2D eigenvalue weighted by Crippen LogP contribution is -2.49. The van der Waals surface area contributed by atoms with Crippen molar-refractivity contribution in [1.29, 1.82) is 0 Å². The Morgan fingerprint density at radius 3 is 2.49 bits per heavy atom. The van der Waals surface area contributed by atoms with Crippen molar-refractivity contribution in [3.8, 4) is 0 Å². The van der Waals surface area contributed by atoms with Gasteiger partial charge in [0.2, 0.25) is 5.91 Å².